The lowest BCUT2D eigenvalue weighted by Gasteiger charge is -2.43. The molecule has 10 heteroatoms. The Labute approximate surface area is 192 Å². The molecule has 0 radical (unpaired) electrons. The molecule has 3 atom stereocenters. The van der Waals surface area contributed by atoms with Gasteiger partial charge < -0.3 is 15.8 Å². The number of benzene rings is 1. The summed E-state index contributed by atoms with van der Waals surface area (Å²) in [7, 11) is -3.70. The number of nitrogens with two attached hydrogens (primary N) is 1. The number of nitrogens with one attached hydrogen (secondary N) is 1. The lowest BCUT2D eigenvalue weighted by Crippen LogP contribution is -2.60. The van der Waals surface area contributed by atoms with Crippen LogP contribution in [0.3, 0.4) is 0 Å². The maximum absolute atomic E-state index is 13.6. The molecule has 170 valence electrons. The summed E-state index contributed by atoms with van der Waals surface area (Å²) in [6, 6.07) is 8.19. The van der Waals surface area contributed by atoms with Gasteiger partial charge in [0, 0.05) is 23.9 Å². The van der Waals surface area contributed by atoms with Gasteiger partial charge in [-0.05, 0) is 58.0 Å². The van der Waals surface area contributed by atoms with Gasteiger partial charge in [-0.3, -0.25) is 9.79 Å². The van der Waals surface area contributed by atoms with E-state index in [4.69, 9.17) is 27.1 Å². The first-order valence-corrected chi connectivity index (χ1v) is 12.1. The number of pyridine rings is 1. The Morgan fingerprint density at radius 2 is 1.97 bits per heavy atom. The number of carbonyl (C=O) groups is 1. The molecule has 2 aliphatic heterocycles. The molecule has 32 heavy (non-hydrogen) atoms. The van der Waals surface area contributed by atoms with Gasteiger partial charge in [0.2, 0.25) is 0 Å². The summed E-state index contributed by atoms with van der Waals surface area (Å²) in [6.07, 6.45) is 1.31. The van der Waals surface area contributed by atoms with E-state index < -0.39 is 31.3 Å². The summed E-state index contributed by atoms with van der Waals surface area (Å²) in [6.45, 7) is 6.74. The van der Waals surface area contributed by atoms with Crippen molar-refractivity contribution in [3.05, 3.63) is 52.8 Å². The van der Waals surface area contributed by atoms with E-state index in [1.165, 1.54) is 12.3 Å². The molecule has 1 aromatic heterocycles. The first-order valence-electron chi connectivity index (χ1n) is 10.2. The maximum Gasteiger partial charge on any atom is 0.274 e. The third kappa shape index (κ3) is 3.44. The highest BCUT2D eigenvalue weighted by Crippen LogP contribution is 2.49. The molecular formula is C22H25ClN4O4S. The number of aliphatic imine (C=N–C) groups is 1. The Balaban J connectivity index is 1.81. The highest BCUT2D eigenvalue weighted by molar-refractivity contribution is 7.94. The zero-order chi connectivity index (χ0) is 23.5. The van der Waals surface area contributed by atoms with Crippen LogP contribution in [-0.4, -0.2) is 41.2 Å². The van der Waals surface area contributed by atoms with Gasteiger partial charge in [-0.25, -0.2) is 13.4 Å². The number of hydrogen-bond acceptors (Lipinski definition) is 7. The number of anilines is 1. The van der Waals surface area contributed by atoms with Crippen molar-refractivity contribution in [3.8, 4) is 5.75 Å². The van der Waals surface area contributed by atoms with Crippen LogP contribution in [0.15, 0.2) is 41.5 Å². The molecule has 1 aromatic carbocycles. The summed E-state index contributed by atoms with van der Waals surface area (Å²) in [4.78, 5) is 21.4. The van der Waals surface area contributed by atoms with Crippen LogP contribution in [0.5, 0.6) is 5.75 Å². The minimum Gasteiger partial charge on any atom is -0.490 e. The maximum atomic E-state index is 13.6. The van der Waals surface area contributed by atoms with Crippen LogP contribution < -0.4 is 15.8 Å². The number of ether oxygens (including phenoxy) is 1. The van der Waals surface area contributed by atoms with Crippen LogP contribution >= 0.6 is 11.6 Å². The quantitative estimate of drug-likeness (QED) is 0.685. The first kappa shape index (κ1) is 22.5. The fourth-order valence-electron chi connectivity index (χ4n) is 4.23. The Bertz CT molecular complexity index is 1230. The van der Waals surface area contributed by atoms with Crippen LogP contribution in [0.4, 0.5) is 5.69 Å². The fourth-order valence-corrected chi connectivity index (χ4v) is 6.70. The van der Waals surface area contributed by atoms with E-state index in [0.717, 1.165) is 0 Å². The second-order valence-corrected chi connectivity index (χ2v) is 12.0. The van der Waals surface area contributed by atoms with Gasteiger partial charge in [-0.1, -0.05) is 11.6 Å². The van der Waals surface area contributed by atoms with Crippen molar-refractivity contribution in [2.75, 3.05) is 5.32 Å². The molecule has 0 saturated heterocycles. The summed E-state index contributed by atoms with van der Waals surface area (Å²) in [5, 5.41) is 2.38. The molecule has 0 saturated carbocycles. The molecule has 0 fully saturated rings. The summed E-state index contributed by atoms with van der Waals surface area (Å²) in [5.41, 5.74) is 6.21. The molecular weight excluding hydrogens is 452 g/mol. The first-order chi connectivity index (χ1) is 14.9. The average molecular weight is 477 g/mol. The monoisotopic (exact) mass is 476 g/mol. The number of amides is 1. The van der Waals surface area contributed by atoms with Crippen LogP contribution in [0.2, 0.25) is 5.02 Å². The Morgan fingerprint density at radius 1 is 1.25 bits per heavy atom. The third-order valence-corrected chi connectivity index (χ3v) is 9.56. The second-order valence-electron chi connectivity index (χ2n) is 8.88. The molecule has 1 amide bonds. The van der Waals surface area contributed by atoms with Gasteiger partial charge in [0.15, 0.2) is 9.84 Å². The number of aromatic nitrogens is 1. The van der Waals surface area contributed by atoms with E-state index in [9.17, 15) is 13.2 Å². The van der Waals surface area contributed by atoms with Crippen molar-refractivity contribution in [3.63, 3.8) is 0 Å². The molecule has 2 aliphatic rings. The van der Waals surface area contributed by atoms with E-state index in [1.807, 2.05) is 6.92 Å². The highest BCUT2D eigenvalue weighted by atomic mass is 35.5. The molecule has 0 bridgehead atoms. The normalized spacial score (nSPS) is 27.7. The third-order valence-electron chi connectivity index (χ3n) is 6.30. The van der Waals surface area contributed by atoms with E-state index in [1.54, 1.807) is 45.0 Å². The van der Waals surface area contributed by atoms with Gasteiger partial charge in [0.05, 0.1) is 16.4 Å². The van der Waals surface area contributed by atoms with Crippen molar-refractivity contribution in [2.45, 2.75) is 55.8 Å². The molecule has 3 N–H and O–H groups in total. The SMILES string of the molecule is C[C@H]1C[C@@H]2[C@](C)(N=C(N)C(C)(C)S2(=O)=O)c2cc(NC(=O)c3ccc(Cl)cn3)ccc2O1. The van der Waals surface area contributed by atoms with E-state index >= 15 is 0 Å². The molecule has 2 aromatic rings. The molecule has 0 aliphatic carbocycles. The number of hydrogen-bond donors (Lipinski definition) is 2. The van der Waals surface area contributed by atoms with Crippen molar-refractivity contribution >= 4 is 38.9 Å². The van der Waals surface area contributed by atoms with Gasteiger partial charge in [-0.2, -0.15) is 0 Å². The fraction of sp³-hybridized carbons (Fsp3) is 0.409. The predicted octanol–water partition coefficient (Wildman–Crippen LogP) is 3.31. The van der Waals surface area contributed by atoms with Crippen molar-refractivity contribution in [1.29, 1.82) is 0 Å². The number of rotatable bonds is 2. The summed E-state index contributed by atoms with van der Waals surface area (Å²) in [5.74, 6) is 0.139. The molecule has 8 nitrogen and oxygen atoms in total. The van der Waals surface area contributed by atoms with E-state index in [0.29, 0.717) is 22.0 Å². The van der Waals surface area contributed by atoms with Crippen molar-refractivity contribution < 1.29 is 17.9 Å². The largest absolute Gasteiger partial charge is 0.490 e. The Kier molecular flexibility index (Phi) is 5.25. The van der Waals surface area contributed by atoms with Crippen LogP contribution in [0.1, 0.15) is 50.2 Å². The van der Waals surface area contributed by atoms with Crippen molar-refractivity contribution in [1.82, 2.24) is 4.98 Å². The second kappa shape index (κ2) is 7.45. The van der Waals surface area contributed by atoms with Gasteiger partial charge >= 0.3 is 0 Å². The smallest absolute Gasteiger partial charge is 0.274 e. The number of carbonyl (C=O) groups excluding carboxylic acids is 1. The number of fused-ring (bicyclic) bond motifs is 3. The minimum absolute atomic E-state index is 0.0524. The van der Waals surface area contributed by atoms with Crippen molar-refractivity contribution in [2.24, 2.45) is 10.7 Å². The summed E-state index contributed by atoms with van der Waals surface area (Å²) < 4.78 is 31.9. The summed E-state index contributed by atoms with van der Waals surface area (Å²) >= 11 is 5.84. The van der Waals surface area contributed by atoms with E-state index in [2.05, 4.69) is 10.3 Å². The highest BCUT2D eigenvalue weighted by Gasteiger charge is 2.58. The lowest BCUT2D eigenvalue weighted by molar-refractivity contribution is 0.102. The zero-order valence-corrected chi connectivity index (χ0v) is 19.8. The van der Waals surface area contributed by atoms with E-state index in [-0.39, 0.29) is 24.1 Å². The predicted molar refractivity (Wildman–Crippen MR) is 124 cm³/mol. The number of sulfone groups is 1. The van der Waals surface area contributed by atoms with Crippen LogP contribution in [0, 0.1) is 0 Å². The Morgan fingerprint density at radius 3 is 2.62 bits per heavy atom. The number of nitrogens with zero attached hydrogens (tertiary/aromatic N) is 2. The van der Waals surface area contributed by atoms with Crippen LogP contribution in [-0.2, 0) is 15.4 Å². The van der Waals surface area contributed by atoms with Gasteiger partial charge in [-0.15, -0.1) is 0 Å². The average Bonchev–Trinajstić information content (AvgIpc) is 2.82. The van der Waals surface area contributed by atoms with Crippen LogP contribution in [0.25, 0.3) is 0 Å². The topological polar surface area (TPSA) is 124 Å². The number of halogens is 1. The van der Waals surface area contributed by atoms with Gasteiger partial charge in [0.1, 0.15) is 27.6 Å². The lowest BCUT2D eigenvalue weighted by atomic mass is 9.85. The standard InChI is InChI=1S/C22H25ClN4O4S/c1-12-9-18-22(4,27-20(24)21(2,3)32(18,29)30)15-10-14(6-8-17(15)31-12)26-19(28)16-7-5-13(23)11-25-16/h5-8,10-12,18H,9H2,1-4H3,(H2,24,27)(H,26,28)/t12-,18+,22+/m0/s1. The zero-order valence-electron chi connectivity index (χ0n) is 18.2. The molecule has 0 unspecified atom stereocenters. The Hall–Kier alpha value is -2.65. The molecule has 4 rings (SSSR count). The molecule has 0 spiro atoms. The van der Waals surface area contributed by atoms with Gasteiger partial charge in [0.25, 0.3) is 5.91 Å². The number of amidine groups is 1. The minimum atomic E-state index is -3.70. The molecule has 3 heterocycles.